The van der Waals surface area contributed by atoms with Crippen LogP contribution in [-0.4, -0.2) is 49.2 Å². The zero-order valence-electron chi connectivity index (χ0n) is 12.0. The van der Waals surface area contributed by atoms with Crippen LogP contribution in [0, 0.1) is 6.92 Å². The van der Waals surface area contributed by atoms with Crippen molar-refractivity contribution in [3.8, 4) is 0 Å². The van der Waals surface area contributed by atoms with Crippen molar-refractivity contribution in [2.45, 2.75) is 44.3 Å². The molecule has 1 aromatic heterocycles. The van der Waals surface area contributed by atoms with Crippen LogP contribution < -0.4 is 10.5 Å². The quantitative estimate of drug-likeness (QED) is 0.683. The second-order valence-electron chi connectivity index (χ2n) is 5.11. The van der Waals surface area contributed by atoms with Gasteiger partial charge in [0.1, 0.15) is 0 Å². The number of nitrogens with two attached hydrogens (primary N) is 1. The summed E-state index contributed by atoms with van der Waals surface area (Å²) in [6.45, 7) is 6.43. The molecule has 2 rings (SSSR count). The van der Waals surface area contributed by atoms with E-state index in [9.17, 15) is 8.42 Å². The number of nitrogens with one attached hydrogen (secondary N) is 2. The molecule has 8 heteroatoms. The van der Waals surface area contributed by atoms with Gasteiger partial charge >= 0.3 is 0 Å². The number of rotatable bonds is 6. The third-order valence-electron chi connectivity index (χ3n) is 3.91. The van der Waals surface area contributed by atoms with Gasteiger partial charge in [-0.2, -0.15) is 5.10 Å². The number of likely N-dealkylation sites (N-methyl/N-ethyl adjacent to an activating group) is 1. The average Bonchev–Trinajstić information content (AvgIpc) is 3.02. The minimum atomic E-state index is -3.60. The lowest BCUT2D eigenvalue weighted by atomic mass is 10.2. The third kappa shape index (κ3) is 3.03. The number of sulfonamides is 1. The molecule has 4 N–H and O–H groups in total. The van der Waals surface area contributed by atoms with Crippen LogP contribution in [-0.2, 0) is 16.6 Å². The molecule has 20 heavy (non-hydrogen) atoms. The maximum atomic E-state index is 12.3. The summed E-state index contributed by atoms with van der Waals surface area (Å²) < 4.78 is 27.3. The van der Waals surface area contributed by atoms with Gasteiger partial charge in [0, 0.05) is 30.4 Å². The SMILES string of the molecule is CCN1CCCC1CNS(=O)(=O)c1n[nH]c(C)c1CN. The van der Waals surface area contributed by atoms with Crippen LogP contribution in [0.3, 0.4) is 0 Å². The average molecular weight is 301 g/mol. The smallest absolute Gasteiger partial charge is 0.260 e. The van der Waals surface area contributed by atoms with Crippen LogP contribution in [0.15, 0.2) is 5.03 Å². The monoisotopic (exact) mass is 301 g/mol. The van der Waals surface area contributed by atoms with Gasteiger partial charge < -0.3 is 5.73 Å². The molecule has 1 atom stereocenters. The summed E-state index contributed by atoms with van der Waals surface area (Å²) in [4.78, 5) is 2.29. The molecule has 1 aliphatic rings. The number of hydrogen-bond acceptors (Lipinski definition) is 5. The van der Waals surface area contributed by atoms with Gasteiger partial charge in [-0.1, -0.05) is 6.92 Å². The normalized spacial score (nSPS) is 20.6. The van der Waals surface area contributed by atoms with Crippen molar-refractivity contribution in [2.24, 2.45) is 5.73 Å². The van der Waals surface area contributed by atoms with Crippen molar-refractivity contribution in [1.82, 2.24) is 19.8 Å². The van der Waals surface area contributed by atoms with E-state index in [-0.39, 0.29) is 17.6 Å². The molecule has 7 nitrogen and oxygen atoms in total. The van der Waals surface area contributed by atoms with E-state index in [2.05, 4.69) is 26.7 Å². The van der Waals surface area contributed by atoms with E-state index in [1.54, 1.807) is 6.92 Å². The molecule has 1 aromatic rings. The lowest BCUT2D eigenvalue weighted by molar-refractivity contribution is 0.268. The van der Waals surface area contributed by atoms with Crippen molar-refractivity contribution < 1.29 is 8.42 Å². The van der Waals surface area contributed by atoms with Gasteiger partial charge in [0.15, 0.2) is 5.03 Å². The Morgan fingerprint density at radius 2 is 2.30 bits per heavy atom. The predicted molar refractivity (Wildman–Crippen MR) is 76.7 cm³/mol. The molecule has 0 aromatic carbocycles. The van der Waals surface area contributed by atoms with Gasteiger partial charge in [-0.3, -0.25) is 10.00 Å². The molecule has 0 bridgehead atoms. The Morgan fingerprint density at radius 3 is 2.95 bits per heavy atom. The van der Waals surface area contributed by atoms with Gasteiger partial charge in [0.2, 0.25) is 0 Å². The summed E-state index contributed by atoms with van der Waals surface area (Å²) in [5.74, 6) is 0. The van der Waals surface area contributed by atoms with E-state index in [0.29, 0.717) is 17.8 Å². The largest absolute Gasteiger partial charge is 0.326 e. The molecule has 0 radical (unpaired) electrons. The maximum Gasteiger partial charge on any atom is 0.260 e. The standard InChI is InChI=1S/C12H23N5O2S/c1-3-17-6-4-5-10(17)8-14-20(18,19)12-11(7-13)9(2)15-16-12/h10,14H,3-8,13H2,1-2H3,(H,15,16). The fraction of sp³-hybridized carbons (Fsp3) is 0.750. The maximum absolute atomic E-state index is 12.3. The number of aromatic nitrogens is 2. The molecule has 1 aliphatic heterocycles. The van der Waals surface area contributed by atoms with Crippen molar-refractivity contribution in [3.63, 3.8) is 0 Å². The lowest BCUT2D eigenvalue weighted by Crippen LogP contribution is -2.40. The first-order valence-electron chi connectivity index (χ1n) is 6.97. The van der Waals surface area contributed by atoms with Gasteiger partial charge in [-0.05, 0) is 32.9 Å². The minimum absolute atomic E-state index is 0.0264. The van der Waals surface area contributed by atoms with Gasteiger partial charge in [-0.15, -0.1) is 0 Å². The summed E-state index contributed by atoms with van der Waals surface area (Å²) in [6, 6.07) is 0.274. The number of aryl methyl sites for hydroxylation is 1. The van der Waals surface area contributed by atoms with Crippen molar-refractivity contribution in [2.75, 3.05) is 19.6 Å². The van der Waals surface area contributed by atoms with E-state index >= 15 is 0 Å². The second-order valence-corrected chi connectivity index (χ2v) is 6.80. The van der Waals surface area contributed by atoms with Gasteiger partial charge in [-0.25, -0.2) is 13.1 Å². The van der Waals surface area contributed by atoms with Crippen LogP contribution >= 0.6 is 0 Å². The van der Waals surface area contributed by atoms with Crippen LogP contribution in [0.5, 0.6) is 0 Å². The molecule has 0 amide bonds. The van der Waals surface area contributed by atoms with Crippen LogP contribution in [0.4, 0.5) is 0 Å². The fourth-order valence-corrected chi connectivity index (χ4v) is 3.98. The molecule has 2 heterocycles. The third-order valence-corrected chi connectivity index (χ3v) is 5.30. The first kappa shape index (κ1) is 15.4. The van der Waals surface area contributed by atoms with Crippen molar-refractivity contribution in [3.05, 3.63) is 11.3 Å². The molecular weight excluding hydrogens is 278 g/mol. The summed E-state index contributed by atoms with van der Waals surface area (Å²) in [6.07, 6.45) is 2.15. The van der Waals surface area contributed by atoms with E-state index in [1.807, 2.05) is 0 Å². The van der Waals surface area contributed by atoms with Crippen LogP contribution in [0.2, 0.25) is 0 Å². The number of nitrogens with zero attached hydrogens (tertiary/aromatic N) is 2. The number of H-pyrrole nitrogens is 1. The Balaban J connectivity index is 2.07. The zero-order chi connectivity index (χ0) is 14.8. The van der Waals surface area contributed by atoms with Crippen LogP contribution in [0.25, 0.3) is 0 Å². The first-order chi connectivity index (χ1) is 9.49. The highest BCUT2D eigenvalue weighted by molar-refractivity contribution is 7.89. The lowest BCUT2D eigenvalue weighted by Gasteiger charge is -2.22. The number of aromatic amines is 1. The summed E-state index contributed by atoms with van der Waals surface area (Å²) >= 11 is 0. The highest BCUT2D eigenvalue weighted by Crippen LogP contribution is 2.18. The number of likely N-dealkylation sites (tertiary alicyclic amines) is 1. The molecule has 1 unspecified atom stereocenters. The molecule has 0 saturated carbocycles. The predicted octanol–water partition coefficient (Wildman–Crippen LogP) is -0.0606. The highest BCUT2D eigenvalue weighted by atomic mass is 32.2. The first-order valence-corrected chi connectivity index (χ1v) is 8.45. The fourth-order valence-electron chi connectivity index (χ4n) is 2.71. The molecular formula is C12H23N5O2S. The van der Waals surface area contributed by atoms with Crippen molar-refractivity contribution >= 4 is 10.0 Å². The minimum Gasteiger partial charge on any atom is -0.326 e. The van der Waals surface area contributed by atoms with Gasteiger partial charge in [0.25, 0.3) is 10.0 Å². The van der Waals surface area contributed by atoms with Crippen LogP contribution in [0.1, 0.15) is 31.0 Å². The van der Waals surface area contributed by atoms with E-state index in [0.717, 1.165) is 25.9 Å². The van der Waals surface area contributed by atoms with E-state index < -0.39 is 10.0 Å². The van der Waals surface area contributed by atoms with Gasteiger partial charge in [0.05, 0.1) is 0 Å². The molecule has 1 saturated heterocycles. The Hall–Kier alpha value is -0.960. The molecule has 0 aliphatic carbocycles. The Bertz CT molecular complexity index is 554. The van der Waals surface area contributed by atoms with E-state index in [1.165, 1.54) is 0 Å². The molecule has 0 spiro atoms. The van der Waals surface area contributed by atoms with Crippen molar-refractivity contribution in [1.29, 1.82) is 0 Å². The summed E-state index contributed by atoms with van der Waals surface area (Å²) in [7, 11) is -3.60. The summed E-state index contributed by atoms with van der Waals surface area (Å²) in [5, 5.41) is 6.58. The Labute approximate surface area is 120 Å². The topological polar surface area (TPSA) is 104 Å². The molecule has 114 valence electrons. The summed E-state index contributed by atoms with van der Waals surface area (Å²) in [5.41, 5.74) is 6.84. The second kappa shape index (κ2) is 6.21. The zero-order valence-corrected chi connectivity index (χ0v) is 12.8. The molecule has 1 fully saturated rings. The highest BCUT2D eigenvalue weighted by Gasteiger charge is 2.27. The Morgan fingerprint density at radius 1 is 1.55 bits per heavy atom. The number of hydrogen-bond donors (Lipinski definition) is 3. The Kier molecular flexibility index (Phi) is 4.79. The van der Waals surface area contributed by atoms with E-state index in [4.69, 9.17) is 5.73 Å².